The van der Waals surface area contributed by atoms with E-state index in [0.29, 0.717) is 0 Å². The maximum Gasteiger partial charge on any atom is 0.221 e. The topological polar surface area (TPSA) is 92.5 Å². The number of carbonyl (C=O) groups is 1. The lowest BCUT2D eigenvalue weighted by Crippen LogP contribution is -2.36. The van der Waals surface area contributed by atoms with Gasteiger partial charge in [-0.3, -0.25) is 4.79 Å². The summed E-state index contributed by atoms with van der Waals surface area (Å²) in [6, 6.07) is 10.3. The van der Waals surface area contributed by atoms with Crippen molar-refractivity contribution in [2.24, 2.45) is 11.7 Å². The van der Waals surface area contributed by atoms with Crippen molar-refractivity contribution in [3.8, 4) is 0 Å². The van der Waals surface area contributed by atoms with Gasteiger partial charge in [-0.25, -0.2) is 4.98 Å². The van der Waals surface area contributed by atoms with Crippen LogP contribution in [0, 0.1) is 5.92 Å². The maximum absolute atomic E-state index is 11.3. The van der Waals surface area contributed by atoms with Crippen LogP contribution < -0.4 is 21.3 Å². The molecule has 7 heteroatoms. The Morgan fingerprint density at radius 2 is 1.96 bits per heavy atom. The van der Waals surface area contributed by atoms with Gasteiger partial charge in [0.25, 0.3) is 0 Å². The van der Waals surface area contributed by atoms with Crippen LogP contribution in [0.1, 0.15) is 18.4 Å². The average Bonchev–Trinajstić information content (AvgIpc) is 3.53. The van der Waals surface area contributed by atoms with Crippen molar-refractivity contribution >= 4 is 28.8 Å². The van der Waals surface area contributed by atoms with Crippen LogP contribution in [0.3, 0.4) is 0 Å². The van der Waals surface area contributed by atoms with E-state index in [2.05, 4.69) is 44.8 Å². The molecule has 0 atom stereocenters. The first kappa shape index (κ1) is 18.6. The Labute approximate surface area is 165 Å². The van der Waals surface area contributed by atoms with Gasteiger partial charge in [-0.15, -0.1) is 0 Å². The number of pyridine rings is 1. The Kier molecular flexibility index (Phi) is 5.62. The third-order valence-electron chi connectivity index (χ3n) is 5.15. The van der Waals surface area contributed by atoms with E-state index in [1.165, 1.54) is 18.5 Å². The molecular weight excluding hydrogens is 354 g/mol. The number of benzene rings is 1. The normalized spacial score (nSPS) is 16.6. The summed E-state index contributed by atoms with van der Waals surface area (Å²) in [6.07, 6.45) is 4.45. The molecule has 0 radical (unpaired) electrons. The van der Waals surface area contributed by atoms with Crippen LogP contribution in [0.15, 0.2) is 36.5 Å². The first-order valence-corrected chi connectivity index (χ1v) is 9.88. The van der Waals surface area contributed by atoms with E-state index in [0.717, 1.165) is 61.5 Å². The minimum absolute atomic E-state index is 0.189. The van der Waals surface area contributed by atoms with Gasteiger partial charge in [-0.1, -0.05) is 0 Å². The van der Waals surface area contributed by atoms with Gasteiger partial charge >= 0.3 is 0 Å². The molecule has 1 amide bonds. The molecule has 1 aliphatic carbocycles. The largest absolute Gasteiger partial charge is 0.384 e. The Balaban J connectivity index is 1.45. The Morgan fingerprint density at radius 1 is 1.21 bits per heavy atom. The van der Waals surface area contributed by atoms with E-state index in [1.54, 1.807) is 6.20 Å². The van der Waals surface area contributed by atoms with Crippen molar-refractivity contribution in [3.05, 3.63) is 42.1 Å². The number of rotatable bonds is 8. The Morgan fingerprint density at radius 3 is 2.64 bits per heavy atom. The fraction of sp³-hybridized carbons (Fsp3) is 0.429. The zero-order chi connectivity index (χ0) is 19.3. The zero-order valence-electron chi connectivity index (χ0n) is 16.0. The first-order valence-electron chi connectivity index (χ1n) is 9.88. The number of carbonyl (C=O) groups excluding carboxylic acids is 1. The lowest BCUT2D eigenvalue weighted by atomic mass is 10.1. The van der Waals surface area contributed by atoms with Crippen LogP contribution in [0.2, 0.25) is 0 Å². The fourth-order valence-corrected chi connectivity index (χ4v) is 3.35. The van der Waals surface area contributed by atoms with E-state index < -0.39 is 0 Å². The Bertz CT molecular complexity index is 814. The van der Waals surface area contributed by atoms with Gasteiger partial charge in [0.2, 0.25) is 5.91 Å². The molecule has 7 nitrogen and oxygen atoms in total. The minimum atomic E-state index is -0.351. The molecule has 1 aromatic heterocycles. The highest BCUT2D eigenvalue weighted by molar-refractivity contribution is 5.79. The molecular formula is C21H27N5O2. The summed E-state index contributed by atoms with van der Waals surface area (Å²) in [6.45, 7) is 4.32. The van der Waals surface area contributed by atoms with Crippen molar-refractivity contribution < 1.29 is 9.53 Å². The molecule has 148 valence electrons. The van der Waals surface area contributed by atoms with E-state index in [4.69, 9.17) is 10.5 Å². The molecule has 0 unspecified atom stereocenters. The molecule has 1 saturated carbocycles. The lowest BCUT2D eigenvalue weighted by Gasteiger charge is -2.28. The second-order valence-corrected chi connectivity index (χ2v) is 7.47. The van der Waals surface area contributed by atoms with Crippen LogP contribution >= 0.6 is 0 Å². The van der Waals surface area contributed by atoms with Crippen molar-refractivity contribution in [1.29, 1.82) is 0 Å². The predicted octanol–water partition coefficient (Wildman–Crippen LogP) is 2.51. The van der Waals surface area contributed by atoms with E-state index in [1.807, 2.05) is 6.07 Å². The molecule has 4 N–H and O–H groups in total. The molecule has 1 aromatic carbocycles. The van der Waals surface area contributed by atoms with Gasteiger partial charge in [-0.05, 0) is 43.0 Å². The molecule has 28 heavy (non-hydrogen) atoms. The third kappa shape index (κ3) is 4.92. The number of nitrogens with two attached hydrogens (primary N) is 1. The van der Waals surface area contributed by atoms with Crippen LogP contribution in [-0.4, -0.2) is 43.7 Å². The van der Waals surface area contributed by atoms with Crippen molar-refractivity contribution in [3.63, 3.8) is 0 Å². The van der Waals surface area contributed by atoms with Gasteiger partial charge in [0, 0.05) is 54.5 Å². The molecule has 4 rings (SSSR count). The summed E-state index contributed by atoms with van der Waals surface area (Å²) in [7, 11) is 0. The van der Waals surface area contributed by atoms with E-state index >= 15 is 0 Å². The Hall–Kier alpha value is -2.80. The predicted molar refractivity (Wildman–Crippen MR) is 111 cm³/mol. The van der Waals surface area contributed by atoms with Gasteiger partial charge in [0.15, 0.2) is 0 Å². The highest BCUT2D eigenvalue weighted by Crippen LogP contribution is 2.30. The molecule has 0 bridgehead atoms. The number of nitrogens with zero attached hydrogens (tertiary/aromatic N) is 2. The molecule has 1 saturated heterocycles. The van der Waals surface area contributed by atoms with Crippen molar-refractivity contribution in [2.45, 2.75) is 19.3 Å². The summed E-state index contributed by atoms with van der Waals surface area (Å²) in [5, 5.41) is 6.80. The molecule has 1 aliphatic heterocycles. The van der Waals surface area contributed by atoms with Gasteiger partial charge < -0.3 is 26.0 Å². The van der Waals surface area contributed by atoms with Crippen LogP contribution in [0.4, 0.5) is 22.9 Å². The number of anilines is 4. The lowest BCUT2D eigenvalue weighted by molar-refractivity contribution is -0.117. The quantitative estimate of drug-likeness (QED) is 0.651. The smallest absolute Gasteiger partial charge is 0.221 e. The number of hydrogen-bond donors (Lipinski definition) is 3. The summed E-state index contributed by atoms with van der Waals surface area (Å²) < 4.78 is 5.41. The standard InChI is InChI=1S/C21H27N5O2/c22-20(27)11-16-14-24-21(12-19(16)23-13-15-1-2-15)25-17-3-5-18(6-4-17)26-7-9-28-10-8-26/h3-6,12,14-15H,1-2,7-11,13H2,(H2,22,27)(H2,23,24,25). The minimum Gasteiger partial charge on any atom is -0.384 e. The van der Waals surface area contributed by atoms with Crippen molar-refractivity contribution in [1.82, 2.24) is 4.98 Å². The number of amides is 1. The first-order chi connectivity index (χ1) is 13.7. The SMILES string of the molecule is NC(=O)Cc1cnc(Nc2ccc(N3CCOCC3)cc2)cc1NCC1CC1. The zero-order valence-corrected chi connectivity index (χ0v) is 16.0. The van der Waals surface area contributed by atoms with Crippen LogP contribution in [0.25, 0.3) is 0 Å². The molecule has 2 fully saturated rings. The van der Waals surface area contributed by atoms with E-state index in [9.17, 15) is 4.79 Å². The third-order valence-corrected chi connectivity index (χ3v) is 5.15. The number of primary amides is 1. The van der Waals surface area contributed by atoms with Gasteiger partial charge in [-0.2, -0.15) is 0 Å². The van der Waals surface area contributed by atoms with Gasteiger partial charge in [0.05, 0.1) is 19.6 Å². The summed E-state index contributed by atoms with van der Waals surface area (Å²) in [4.78, 5) is 18.1. The summed E-state index contributed by atoms with van der Waals surface area (Å²) >= 11 is 0. The maximum atomic E-state index is 11.3. The number of nitrogens with one attached hydrogen (secondary N) is 2. The monoisotopic (exact) mass is 381 g/mol. The number of morpholine rings is 1. The molecule has 2 aliphatic rings. The van der Waals surface area contributed by atoms with Crippen molar-refractivity contribution in [2.75, 3.05) is 48.4 Å². The summed E-state index contributed by atoms with van der Waals surface area (Å²) in [5.41, 5.74) is 9.31. The molecule has 2 aromatic rings. The summed E-state index contributed by atoms with van der Waals surface area (Å²) in [5.74, 6) is 1.13. The highest BCUT2D eigenvalue weighted by atomic mass is 16.5. The van der Waals surface area contributed by atoms with Gasteiger partial charge in [0.1, 0.15) is 5.82 Å². The van der Waals surface area contributed by atoms with Crippen LogP contribution in [-0.2, 0) is 16.0 Å². The second kappa shape index (κ2) is 8.48. The average molecular weight is 381 g/mol. The second-order valence-electron chi connectivity index (χ2n) is 7.47. The molecule has 0 spiro atoms. The fourth-order valence-electron chi connectivity index (χ4n) is 3.35. The number of aromatic nitrogens is 1. The highest BCUT2D eigenvalue weighted by Gasteiger charge is 2.21. The number of ether oxygens (including phenoxy) is 1. The molecule has 2 heterocycles. The van der Waals surface area contributed by atoms with Crippen LogP contribution in [0.5, 0.6) is 0 Å². The van der Waals surface area contributed by atoms with E-state index in [-0.39, 0.29) is 12.3 Å². The number of hydrogen-bond acceptors (Lipinski definition) is 6.